The second-order valence-electron chi connectivity index (χ2n) is 6.58. The van der Waals surface area contributed by atoms with E-state index >= 15 is 0 Å². The van der Waals surface area contributed by atoms with Gasteiger partial charge in [-0.3, -0.25) is 4.79 Å². The van der Waals surface area contributed by atoms with Crippen molar-refractivity contribution in [1.82, 2.24) is 4.31 Å². The van der Waals surface area contributed by atoms with Crippen LogP contribution in [0.3, 0.4) is 0 Å². The predicted molar refractivity (Wildman–Crippen MR) is 98.6 cm³/mol. The van der Waals surface area contributed by atoms with E-state index in [4.69, 9.17) is 0 Å². The Bertz CT molecular complexity index is 949. The van der Waals surface area contributed by atoms with E-state index < -0.39 is 10.0 Å². The number of aryl methyl sites for hydroxylation is 2. The molecule has 5 nitrogen and oxygen atoms in total. The van der Waals surface area contributed by atoms with Crippen LogP contribution in [0.4, 0.5) is 5.69 Å². The van der Waals surface area contributed by atoms with Crippen molar-refractivity contribution in [3.8, 4) is 0 Å². The van der Waals surface area contributed by atoms with Crippen LogP contribution < -0.4 is 4.90 Å². The van der Waals surface area contributed by atoms with Gasteiger partial charge in [-0.2, -0.15) is 0 Å². The van der Waals surface area contributed by atoms with E-state index in [0.29, 0.717) is 18.5 Å². The van der Waals surface area contributed by atoms with Gasteiger partial charge in [-0.05, 0) is 67.3 Å². The molecule has 1 heterocycles. The highest BCUT2D eigenvalue weighted by molar-refractivity contribution is 7.89. The van der Waals surface area contributed by atoms with Crippen LogP contribution in [0.15, 0.2) is 41.3 Å². The molecule has 1 aliphatic rings. The maximum Gasteiger partial charge on any atom is 0.258 e. The van der Waals surface area contributed by atoms with Crippen molar-refractivity contribution in [1.29, 1.82) is 0 Å². The van der Waals surface area contributed by atoms with Crippen molar-refractivity contribution >= 4 is 21.6 Å². The molecule has 0 saturated heterocycles. The third kappa shape index (κ3) is 3.07. The smallest absolute Gasteiger partial charge is 0.258 e. The molecule has 2 aromatic rings. The summed E-state index contributed by atoms with van der Waals surface area (Å²) in [5, 5.41) is 0. The van der Waals surface area contributed by atoms with Gasteiger partial charge in [0, 0.05) is 31.9 Å². The van der Waals surface area contributed by atoms with Crippen molar-refractivity contribution in [3.63, 3.8) is 0 Å². The molecule has 0 spiro atoms. The molecule has 0 bridgehead atoms. The Morgan fingerprint density at radius 2 is 1.76 bits per heavy atom. The lowest BCUT2D eigenvalue weighted by atomic mass is 10.1. The molecule has 132 valence electrons. The molecule has 1 aliphatic heterocycles. The third-order valence-electron chi connectivity index (χ3n) is 4.72. The summed E-state index contributed by atoms with van der Waals surface area (Å²) >= 11 is 0. The van der Waals surface area contributed by atoms with Crippen LogP contribution in [0, 0.1) is 13.8 Å². The molecular formula is C19H22N2O3S. The first-order valence-corrected chi connectivity index (χ1v) is 9.60. The summed E-state index contributed by atoms with van der Waals surface area (Å²) in [6.07, 6.45) is 0.655. The van der Waals surface area contributed by atoms with Crippen LogP contribution >= 0.6 is 0 Å². The molecule has 0 unspecified atom stereocenters. The SMILES string of the molecule is Cc1ccc(C(=O)N2CCc3cc(S(=O)(=O)N(C)C)ccc32)cc1C. The molecule has 0 radical (unpaired) electrons. The lowest BCUT2D eigenvalue weighted by Crippen LogP contribution is -2.29. The highest BCUT2D eigenvalue weighted by Gasteiger charge is 2.28. The summed E-state index contributed by atoms with van der Waals surface area (Å²) in [6.45, 7) is 4.57. The molecule has 0 atom stereocenters. The number of benzene rings is 2. The number of carbonyl (C=O) groups is 1. The highest BCUT2D eigenvalue weighted by atomic mass is 32.2. The zero-order valence-electron chi connectivity index (χ0n) is 14.9. The van der Waals surface area contributed by atoms with Gasteiger partial charge in [-0.15, -0.1) is 0 Å². The number of nitrogens with zero attached hydrogens (tertiary/aromatic N) is 2. The summed E-state index contributed by atoms with van der Waals surface area (Å²) in [4.78, 5) is 14.9. The fourth-order valence-corrected chi connectivity index (χ4v) is 3.94. The first-order chi connectivity index (χ1) is 11.7. The molecule has 0 saturated carbocycles. The average molecular weight is 358 g/mol. The van der Waals surface area contributed by atoms with Crippen LogP contribution in [-0.4, -0.2) is 39.3 Å². The summed E-state index contributed by atoms with van der Waals surface area (Å²) in [5.74, 6) is -0.0509. The Labute approximate surface area is 148 Å². The van der Waals surface area contributed by atoms with Gasteiger partial charge in [0.15, 0.2) is 0 Å². The summed E-state index contributed by atoms with van der Waals surface area (Å²) < 4.78 is 25.8. The Balaban J connectivity index is 1.94. The molecule has 25 heavy (non-hydrogen) atoms. The van der Waals surface area contributed by atoms with Crippen molar-refractivity contribution in [2.24, 2.45) is 0 Å². The third-order valence-corrected chi connectivity index (χ3v) is 6.54. The van der Waals surface area contributed by atoms with Crippen LogP contribution in [-0.2, 0) is 16.4 Å². The summed E-state index contributed by atoms with van der Waals surface area (Å²) in [5.41, 5.74) is 4.57. The van der Waals surface area contributed by atoms with Gasteiger partial charge in [0.1, 0.15) is 0 Å². The van der Waals surface area contributed by atoms with E-state index in [9.17, 15) is 13.2 Å². The normalized spacial score (nSPS) is 14.0. The van der Waals surface area contributed by atoms with Crippen molar-refractivity contribution in [2.75, 3.05) is 25.5 Å². The number of hydrogen-bond donors (Lipinski definition) is 0. The van der Waals surface area contributed by atoms with Gasteiger partial charge in [0.25, 0.3) is 5.91 Å². The number of hydrogen-bond acceptors (Lipinski definition) is 3. The second kappa shape index (κ2) is 6.28. The molecule has 1 amide bonds. The Morgan fingerprint density at radius 1 is 1.04 bits per heavy atom. The zero-order chi connectivity index (χ0) is 18.4. The molecule has 2 aromatic carbocycles. The fraction of sp³-hybridized carbons (Fsp3) is 0.316. The maximum atomic E-state index is 12.9. The predicted octanol–water partition coefficient (Wildman–Crippen LogP) is 2.76. The maximum absolute atomic E-state index is 12.9. The second-order valence-corrected chi connectivity index (χ2v) is 8.74. The number of fused-ring (bicyclic) bond motifs is 1. The fourth-order valence-electron chi connectivity index (χ4n) is 2.99. The van der Waals surface area contributed by atoms with Gasteiger partial charge < -0.3 is 4.90 Å². The molecule has 0 aromatic heterocycles. The molecular weight excluding hydrogens is 336 g/mol. The topological polar surface area (TPSA) is 57.7 Å². The van der Waals surface area contributed by atoms with Crippen LogP contribution in [0.1, 0.15) is 27.0 Å². The van der Waals surface area contributed by atoms with Gasteiger partial charge in [-0.1, -0.05) is 6.07 Å². The van der Waals surface area contributed by atoms with Crippen molar-refractivity contribution in [3.05, 3.63) is 58.7 Å². The first-order valence-electron chi connectivity index (χ1n) is 8.16. The van der Waals surface area contributed by atoms with Crippen molar-refractivity contribution in [2.45, 2.75) is 25.2 Å². The quantitative estimate of drug-likeness (QED) is 0.848. The molecule has 3 rings (SSSR count). The van der Waals surface area contributed by atoms with E-state index in [-0.39, 0.29) is 10.8 Å². The molecule has 0 aliphatic carbocycles. The minimum Gasteiger partial charge on any atom is -0.308 e. The highest BCUT2D eigenvalue weighted by Crippen LogP contribution is 2.32. The molecule has 0 fully saturated rings. The largest absolute Gasteiger partial charge is 0.308 e. The molecule has 6 heteroatoms. The van der Waals surface area contributed by atoms with Gasteiger partial charge in [-0.25, -0.2) is 12.7 Å². The standard InChI is InChI=1S/C19H22N2O3S/c1-13-5-6-16(11-14(13)2)19(22)21-10-9-15-12-17(7-8-18(15)21)25(23,24)20(3)4/h5-8,11-12H,9-10H2,1-4H3. The zero-order valence-corrected chi connectivity index (χ0v) is 15.7. The number of carbonyl (C=O) groups excluding carboxylic acids is 1. The summed E-state index contributed by atoms with van der Waals surface area (Å²) in [6, 6.07) is 10.7. The van der Waals surface area contributed by atoms with Gasteiger partial charge in [0.05, 0.1) is 4.90 Å². The first kappa shape index (κ1) is 17.6. The van der Waals surface area contributed by atoms with Gasteiger partial charge in [0.2, 0.25) is 10.0 Å². The Morgan fingerprint density at radius 3 is 2.40 bits per heavy atom. The van der Waals surface area contributed by atoms with Crippen LogP contribution in [0.2, 0.25) is 0 Å². The minimum absolute atomic E-state index is 0.0509. The number of anilines is 1. The minimum atomic E-state index is -3.47. The number of rotatable bonds is 3. The van der Waals surface area contributed by atoms with E-state index in [1.54, 1.807) is 23.1 Å². The van der Waals surface area contributed by atoms with Gasteiger partial charge >= 0.3 is 0 Å². The number of amides is 1. The van der Waals surface area contributed by atoms with E-state index in [1.807, 2.05) is 32.0 Å². The number of sulfonamides is 1. The van der Waals surface area contributed by atoms with E-state index in [1.165, 1.54) is 18.4 Å². The lowest BCUT2D eigenvalue weighted by molar-refractivity contribution is 0.0989. The van der Waals surface area contributed by atoms with Crippen molar-refractivity contribution < 1.29 is 13.2 Å². The Kier molecular flexibility index (Phi) is 4.43. The van der Waals surface area contributed by atoms with Crippen LogP contribution in [0.5, 0.6) is 0 Å². The average Bonchev–Trinajstić information content (AvgIpc) is 2.99. The van der Waals surface area contributed by atoms with E-state index in [0.717, 1.165) is 22.4 Å². The lowest BCUT2D eigenvalue weighted by Gasteiger charge is -2.19. The summed E-state index contributed by atoms with van der Waals surface area (Å²) in [7, 11) is -0.445. The monoisotopic (exact) mass is 358 g/mol. The van der Waals surface area contributed by atoms with E-state index in [2.05, 4.69) is 0 Å². The Hall–Kier alpha value is -2.18. The van der Waals surface area contributed by atoms with Crippen LogP contribution in [0.25, 0.3) is 0 Å². The molecule has 0 N–H and O–H groups in total.